The van der Waals surface area contributed by atoms with Crippen LogP contribution in [0.15, 0.2) is 17.8 Å². The van der Waals surface area contributed by atoms with Crippen LogP contribution in [0, 0.1) is 0 Å². The highest BCUT2D eigenvalue weighted by Crippen LogP contribution is 2.25. The minimum atomic E-state index is 0.523. The molecule has 1 fully saturated rings. The first-order valence-electron chi connectivity index (χ1n) is 4.59. The average Bonchev–Trinajstić information content (AvgIpc) is 2.59. The highest BCUT2D eigenvalue weighted by molar-refractivity contribution is 7.17. The van der Waals surface area contributed by atoms with Crippen molar-refractivity contribution in [2.45, 2.75) is 6.04 Å². The summed E-state index contributed by atoms with van der Waals surface area (Å²) in [6, 6.07) is 2.54. The Kier molecular flexibility index (Phi) is 1.85. The SMILES string of the molecule is c1nc(NC2CNC2)c2sccc2n1. The van der Waals surface area contributed by atoms with Gasteiger partial charge in [-0.2, -0.15) is 0 Å². The number of rotatable bonds is 2. The number of thiophene rings is 1. The number of nitrogens with one attached hydrogen (secondary N) is 2. The molecule has 5 heteroatoms. The second-order valence-electron chi connectivity index (χ2n) is 3.36. The Labute approximate surface area is 85.4 Å². The molecule has 0 atom stereocenters. The summed E-state index contributed by atoms with van der Waals surface area (Å²) in [5, 5.41) is 8.67. The highest BCUT2D eigenvalue weighted by Gasteiger charge is 2.17. The zero-order valence-electron chi connectivity index (χ0n) is 7.53. The molecule has 1 aliphatic rings. The van der Waals surface area contributed by atoms with Crippen LogP contribution in [0.2, 0.25) is 0 Å². The Balaban J connectivity index is 1.97. The predicted molar refractivity (Wildman–Crippen MR) is 57.7 cm³/mol. The van der Waals surface area contributed by atoms with Crippen molar-refractivity contribution in [1.29, 1.82) is 0 Å². The van der Waals surface area contributed by atoms with E-state index in [0.717, 1.165) is 29.1 Å². The first-order chi connectivity index (χ1) is 6.93. The fourth-order valence-electron chi connectivity index (χ4n) is 1.48. The summed E-state index contributed by atoms with van der Waals surface area (Å²) < 4.78 is 1.15. The molecule has 2 aromatic rings. The Morgan fingerprint density at radius 1 is 1.43 bits per heavy atom. The van der Waals surface area contributed by atoms with Gasteiger partial charge in [-0.3, -0.25) is 0 Å². The van der Waals surface area contributed by atoms with Crippen molar-refractivity contribution in [2.24, 2.45) is 0 Å². The molecular formula is C9H10N4S. The molecule has 0 saturated carbocycles. The summed E-state index contributed by atoms with van der Waals surface area (Å²) in [5.74, 6) is 0.969. The van der Waals surface area contributed by atoms with Crippen LogP contribution < -0.4 is 10.6 Å². The molecule has 0 spiro atoms. The van der Waals surface area contributed by atoms with Gasteiger partial charge in [0.25, 0.3) is 0 Å². The van der Waals surface area contributed by atoms with Gasteiger partial charge in [0.1, 0.15) is 12.1 Å². The zero-order chi connectivity index (χ0) is 9.38. The summed E-state index contributed by atoms with van der Waals surface area (Å²) in [4.78, 5) is 8.46. The van der Waals surface area contributed by atoms with Gasteiger partial charge in [-0.1, -0.05) is 0 Å². The Morgan fingerprint density at radius 2 is 2.36 bits per heavy atom. The second-order valence-corrected chi connectivity index (χ2v) is 4.27. The Bertz CT molecular complexity index is 449. The lowest BCUT2D eigenvalue weighted by atomic mass is 10.2. The third-order valence-electron chi connectivity index (χ3n) is 2.37. The summed E-state index contributed by atoms with van der Waals surface area (Å²) in [7, 11) is 0. The smallest absolute Gasteiger partial charge is 0.147 e. The number of anilines is 1. The molecule has 2 N–H and O–H groups in total. The molecule has 0 aromatic carbocycles. The van der Waals surface area contributed by atoms with Crippen LogP contribution in [0.1, 0.15) is 0 Å². The van der Waals surface area contributed by atoms with Gasteiger partial charge >= 0.3 is 0 Å². The minimum Gasteiger partial charge on any atom is -0.363 e. The van der Waals surface area contributed by atoms with Crippen molar-refractivity contribution in [3.8, 4) is 0 Å². The summed E-state index contributed by atoms with van der Waals surface area (Å²) in [5.41, 5.74) is 1.03. The van der Waals surface area contributed by atoms with Crippen LogP contribution in [-0.4, -0.2) is 29.1 Å². The van der Waals surface area contributed by atoms with Crippen molar-refractivity contribution in [3.63, 3.8) is 0 Å². The van der Waals surface area contributed by atoms with Crippen LogP contribution in [0.5, 0.6) is 0 Å². The lowest BCUT2D eigenvalue weighted by Crippen LogP contribution is -2.51. The quantitative estimate of drug-likeness (QED) is 0.772. The lowest BCUT2D eigenvalue weighted by molar-refractivity contribution is 0.471. The lowest BCUT2D eigenvalue weighted by Gasteiger charge is -2.28. The maximum absolute atomic E-state index is 4.26. The fraction of sp³-hybridized carbons (Fsp3) is 0.333. The Morgan fingerprint density at radius 3 is 3.14 bits per heavy atom. The second kappa shape index (κ2) is 3.18. The number of aromatic nitrogens is 2. The topological polar surface area (TPSA) is 49.8 Å². The monoisotopic (exact) mass is 206 g/mol. The third kappa shape index (κ3) is 1.25. The highest BCUT2D eigenvalue weighted by atomic mass is 32.1. The van der Waals surface area contributed by atoms with Gasteiger partial charge in [-0.15, -0.1) is 11.3 Å². The molecule has 0 bridgehead atoms. The molecule has 3 heterocycles. The van der Waals surface area contributed by atoms with Crippen LogP contribution in [0.4, 0.5) is 5.82 Å². The van der Waals surface area contributed by atoms with Crippen molar-refractivity contribution < 1.29 is 0 Å². The van der Waals surface area contributed by atoms with Gasteiger partial charge in [-0.05, 0) is 11.4 Å². The van der Waals surface area contributed by atoms with E-state index in [0.29, 0.717) is 6.04 Å². The minimum absolute atomic E-state index is 0.523. The molecule has 1 saturated heterocycles. The Hall–Kier alpha value is -1.20. The van der Waals surface area contributed by atoms with E-state index >= 15 is 0 Å². The maximum atomic E-state index is 4.26. The van der Waals surface area contributed by atoms with E-state index < -0.39 is 0 Å². The maximum Gasteiger partial charge on any atom is 0.147 e. The van der Waals surface area contributed by atoms with Gasteiger partial charge in [0.15, 0.2) is 0 Å². The van der Waals surface area contributed by atoms with Gasteiger partial charge in [0.05, 0.1) is 16.3 Å². The zero-order valence-corrected chi connectivity index (χ0v) is 8.34. The van der Waals surface area contributed by atoms with E-state index in [1.807, 2.05) is 11.4 Å². The number of fused-ring (bicyclic) bond motifs is 1. The molecule has 1 aliphatic heterocycles. The summed E-state index contributed by atoms with van der Waals surface area (Å²) in [6.07, 6.45) is 1.61. The van der Waals surface area contributed by atoms with Crippen molar-refractivity contribution in [2.75, 3.05) is 18.4 Å². The van der Waals surface area contributed by atoms with E-state index in [1.165, 1.54) is 0 Å². The van der Waals surface area contributed by atoms with E-state index in [2.05, 4.69) is 20.6 Å². The van der Waals surface area contributed by atoms with Crippen molar-refractivity contribution >= 4 is 27.4 Å². The predicted octanol–water partition coefficient (Wildman–Crippen LogP) is 1.08. The number of nitrogens with zero attached hydrogens (tertiary/aromatic N) is 2. The molecule has 0 aliphatic carbocycles. The molecule has 0 radical (unpaired) electrons. The average molecular weight is 206 g/mol. The van der Waals surface area contributed by atoms with Gasteiger partial charge in [0.2, 0.25) is 0 Å². The van der Waals surface area contributed by atoms with Gasteiger partial charge < -0.3 is 10.6 Å². The van der Waals surface area contributed by atoms with Crippen molar-refractivity contribution in [3.05, 3.63) is 17.8 Å². The molecule has 72 valence electrons. The largest absolute Gasteiger partial charge is 0.363 e. The molecular weight excluding hydrogens is 196 g/mol. The van der Waals surface area contributed by atoms with Gasteiger partial charge in [-0.25, -0.2) is 9.97 Å². The van der Waals surface area contributed by atoms with E-state index in [4.69, 9.17) is 0 Å². The van der Waals surface area contributed by atoms with Crippen LogP contribution in [-0.2, 0) is 0 Å². The molecule has 0 unspecified atom stereocenters. The van der Waals surface area contributed by atoms with Crippen LogP contribution >= 0.6 is 11.3 Å². The number of hydrogen-bond donors (Lipinski definition) is 2. The van der Waals surface area contributed by atoms with E-state index in [-0.39, 0.29) is 0 Å². The van der Waals surface area contributed by atoms with Crippen molar-refractivity contribution in [1.82, 2.24) is 15.3 Å². The van der Waals surface area contributed by atoms with E-state index in [1.54, 1.807) is 17.7 Å². The first kappa shape index (κ1) is 8.14. The summed E-state index contributed by atoms with van der Waals surface area (Å²) >= 11 is 1.68. The van der Waals surface area contributed by atoms with E-state index in [9.17, 15) is 0 Å². The van der Waals surface area contributed by atoms with Gasteiger partial charge in [0, 0.05) is 13.1 Å². The molecule has 0 amide bonds. The first-order valence-corrected chi connectivity index (χ1v) is 5.47. The summed E-state index contributed by atoms with van der Waals surface area (Å²) in [6.45, 7) is 2.05. The standard InChI is InChI=1S/C9H10N4S/c1-2-14-8-7(1)11-5-12-9(8)13-6-3-10-4-6/h1-2,5-6,10H,3-4H2,(H,11,12,13). The van der Waals surface area contributed by atoms with Crippen LogP contribution in [0.3, 0.4) is 0 Å². The molecule has 4 nitrogen and oxygen atoms in total. The molecule has 2 aromatic heterocycles. The number of hydrogen-bond acceptors (Lipinski definition) is 5. The normalized spacial score (nSPS) is 16.9. The molecule has 3 rings (SSSR count). The third-order valence-corrected chi connectivity index (χ3v) is 3.28. The van der Waals surface area contributed by atoms with Crippen LogP contribution in [0.25, 0.3) is 10.2 Å². The molecule has 14 heavy (non-hydrogen) atoms. The fourth-order valence-corrected chi connectivity index (χ4v) is 2.27.